The molecule has 1 aromatic heterocycles. The van der Waals surface area contributed by atoms with Gasteiger partial charge in [0.1, 0.15) is 5.01 Å². The van der Waals surface area contributed by atoms with Crippen molar-refractivity contribution < 1.29 is 4.79 Å². The summed E-state index contributed by atoms with van der Waals surface area (Å²) in [5.41, 5.74) is 0. The maximum Gasteiger partial charge on any atom is 0.289 e. The lowest BCUT2D eigenvalue weighted by Crippen LogP contribution is -2.39. The van der Waals surface area contributed by atoms with E-state index >= 15 is 0 Å². The van der Waals surface area contributed by atoms with E-state index in [1.54, 1.807) is 0 Å². The van der Waals surface area contributed by atoms with E-state index in [0.29, 0.717) is 11.2 Å². The normalized spacial score (nSPS) is 21.1. The number of hydrogen-bond donors (Lipinski definition) is 0. The Kier molecular flexibility index (Phi) is 3.81. The fourth-order valence-corrected chi connectivity index (χ4v) is 3.25. The maximum atomic E-state index is 12.0. The average molecular weight is 257 g/mol. The number of carbonyl (C=O) groups excluding carboxylic acids is 1. The van der Waals surface area contributed by atoms with Gasteiger partial charge in [0, 0.05) is 24.3 Å². The van der Waals surface area contributed by atoms with Gasteiger partial charge in [-0.3, -0.25) is 4.79 Å². The van der Waals surface area contributed by atoms with Crippen LogP contribution in [0.2, 0.25) is 0 Å². The minimum atomic E-state index is 0.0880. The molecule has 0 radical (unpaired) electrons. The van der Waals surface area contributed by atoms with Crippen LogP contribution in [0.1, 0.15) is 31.2 Å². The molecule has 88 valence electrons. The fourth-order valence-electron chi connectivity index (χ4n) is 1.83. The molecule has 1 fully saturated rings. The summed E-state index contributed by atoms with van der Waals surface area (Å²) >= 11 is 2.49. The first-order valence-corrected chi connectivity index (χ1v) is 7.04. The fraction of sp³-hybridized carbons (Fsp3) is 0.700. The van der Waals surface area contributed by atoms with Crippen molar-refractivity contribution in [1.29, 1.82) is 0 Å². The van der Waals surface area contributed by atoms with E-state index in [4.69, 9.17) is 0 Å². The molecule has 0 bridgehead atoms. The van der Waals surface area contributed by atoms with Gasteiger partial charge in [-0.2, -0.15) is 4.37 Å². The zero-order chi connectivity index (χ0) is 11.5. The van der Waals surface area contributed by atoms with E-state index in [1.165, 1.54) is 18.0 Å². The highest BCUT2D eigenvalue weighted by molar-refractivity contribution is 8.13. The third kappa shape index (κ3) is 2.74. The number of amides is 1. The molecule has 4 nitrogen and oxygen atoms in total. The SMILES string of the molecule is Cc1nc(SC(=O)N2CCCCC2C)ns1. The predicted octanol–water partition coefficient (Wildman–Crippen LogP) is 2.93. The van der Waals surface area contributed by atoms with Gasteiger partial charge in [-0.25, -0.2) is 4.98 Å². The molecule has 0 N–H and O–H groups in total. The summed E-state index contributed by atoms with van der Waals surface area (Å²) in [4.78, 5) is 18.1. The molecule has 0 spiro atoms. The Morgan fingerprint density at radius 3 is 3.00 bits per heavy atom. The van der Waals surface area contributed by atoms with Crippen molar-refractivity contribution in [3.63, 3.8) is 0 Å². The number of thioether (sulfide) groups is 1. The van der Waals surface area contributed by atoms with Crippen LogP contribution in [0, 0.1) is 6.92 Å². The molecular weight excluding hydrogens is 242 g/mol. The number of nitrogens with zero attached hydrogens (tertiary/aromatic N) is 3. The molecule has 1 aliphatic rings. The second kappa shape index (κ2) is 5.14. The highest BCUT2D eigenvalue weighted by Crippen LogP contribution is 2.25. The number of likely N-dealkylation sites (tertiary alicyclic amines) is 1. The summed E-state index contributed by atoms with van der Waals surface area (Å²) in [6.45, 7) is 4.88. The Hall–Kier alpha value is -0.620. The number of piperidine rings is 1. The Morgan fingerprint density at radius 1 is 1.56 bits per heavy atom. The molecule has 0 saturated carbocycles. The standard InChI is InChI=1S/C10H15N3OS2/c1-7-5-3-4-6-13(7)10(14)15-9-11-8(2)16-12-9/h7H,3-6H2,1-2H3. The lowest BCUT2D eigenvalue weighted by molar-refractivity contribution is 0.181. The first-order chi connectivity index (χ1) is 7.66. The van der Waals surface area contributed by atoms with Crippen molar-refractivity contribution in [2.75, 3.05) is 6.54 Å². The van der Waals surface area contributed by atoms with Gasteiger partial charge < -0.3 is 4.90 Å². The van der Waals surface area contributed by atoms with E-state index in [2.05, 4.69) is 16.3 Å². The van der Waals surface area contributed by atoms with Crippen LogP contribution in [0.15, 0.2) is 5.16 Å². The molecule has 1 aromatic rings. The number of rotatable bonds is 1. The van der Waals surface area contributed by atoms with Gasteiger partial charge >= 0.3 is 0 Å². The van der Waals surface area contributed by atoms with E-state index in [9.17, 15) is 4.79 Å². The summed E-state index contributed by atoms with van der Waals surface area (Å²) in [5, 5.41) is 1.58. The van der Waals surface area contributed by atoms with E-state index in [1.807, 2.05) is 11.8 Å². The molecule has 1 aliphatic heterocycles. The minimum Gasteiger partial charge on any atom is -0.331 e. The van der Waals surface area contributed by atoms with Crippen LogP contribution < -0.4 is 0 Å². The number of carbonyl (C=O) groups is 1. The molecule has 1 unspecified atom stereocenters. The van der Waals surface area contributed by atoms with Crippen LogP contribution in [0.3, 0.4) is 0 Å². The smallest absolute Gasteiger partial charge is 0.289 e. The predicted molar refractivity (Wildman–Crippen MR) is 65.9 cm³/mol. The first kappa shape index (κ1) is 11.9. The van der Waals surface area contributed by atoms with Crippen LogP contribution in [0.25, 0.3) is 0 Å². The van der Waals surface area contributed by atoms with Crippen LogP contribution >= 0.6 is 23.3 Å². The highest BCUT2D eigenvalue weighted by atomic mass is 32.2. The maximum absolute atomic E-state index is 12.0. The van der Waals surface area contributed by atoms with Gasteiger partial charge in [0.25, 0.3) is 5.24 Å². The van der Waals surface area contributed by atoms with Gasteiger partial charge in [-0.05, 0) is 44.6 Å². The molecule has 1 amide bonds. The summed E-state index contributed by atoms with van der Waals surface area (Å²) in [7, 11) is 0. The zero-order valence-corrected chi connectivity index (χ0v) is 11.1. The topological polar surface area (TPSA) is 46.1 Å². The second-order valence-corrected chi connectivity index (χ2v) is 5.88. The van der Waals surface area contributed by atoms with Gasteiger partial charge in [-0.15, -0.1) is 0 Å². The van der Waals surface area contributed by atoms with Gasteiger partial charge in [-0.1, -0.05) is 0 Å². The Bertz CT molecular complexity index is 380. The molecule has 1 saturated heterocycles. The molecule has 0 aliphatic carbocycles. The molecule has 1 atom stereocenters. The van der Waals surface area contributed by atoms with Crippen LogP contribution in [0.5, 0.6) is 0 Å². The van der Waals surface area contributed by atoms with Gasteiger partial charge in [0.05, 0.1) is 0 Å². The van der Waals surface area contributed by atoms with E-state index < -0.39 is 0 Å². The van der Waals surface area contributed by atoms with E-state index in [-0.39, 0.29) is 5.24 Å². The number of aryl methyl sites for hydroxylation is 1. The lowest BCUT2D eigenvalue weighted by atomic mass is 10.1. The molecule has 2 rings (SSSR count). The quantitative estimate of drug-likeness (QED) is 0.726. The van der Waals surface area contributed by atoms with Crippen molar-refractivity contribution >= 4 is 28.5 Å². The zero-order valence-electron chi connectivity index (χ0n) is 9.47. The summed E-state index contributed by atoms with van der Waals surface area (Å²) in [6, 6.07) is 0.355. The molecule has 16 heavy (non-hydrogen) atoms. The van der Waals surface area contributed by atoms with Crippen molar-refractivity contribution in [3.05, 3.63) is 5.01 Å². The summed E-state index contributed by atoms with van der Waals surface area (Å²) < 4.78 is 4.12. The second-order valence-electron chi connectivity index (χ2n) is 4.00. The number of hydrogen-bond acceptors (Lipinski definition) is 5. The van der Waals surface area contributed by atoms with Crippen molar-refractivity contribution in [1.82, 2.24) is 14.3 Å². The molecule has 0 aromatic carbocycles. The third-order valence-electron chi connectivity index (χ3n) is 2.73. The van der Waals surface area contributed by atoms with Crippen LogP contribution in [-0.4, -0.2) is 32.1 Å². The minimum absolute atomic E-state index is 0.0880. The first-order valence-electron chi connectivity index (χ1n) is 5.45. The Balaban J connectivity index is 1.96. The van der Waals surface area contributed by atoms with E-state index in [0.717, 1.165) is 36.2 Å². The van der Waals surface area contributed by atoms with Crippen molar-refractivity contribution in [2.24, 2.45) is 0 Å². The average Bonchev–Trinajstić information content (AvgIpc) is 2.64. The van der Waals surface area contributed by atoms with Crippen LogP contribution in [0.4, 0.5) is 4.79 Å². The third-order valence-corrected chi connectivity index (χ3v) is 4.23. The Morgan fingerprint density at radius 2 is 2.38 bits per heavy atom. The van der Waals surface area contributed by atoms with Crippen LogP contribution in [-0.2, 0) is 0 Å². The Labute approximate surface area is 104 Å². The molecular formula is C10H15N3OS2. The van der Waals surface area contributed by atoms with Crippen molar-refractivity contribution in [2.45, 2.75) is 44.3 Å². The largest absolute Gasteiger partial charge is 0.331 e. The number of aromatic nitrogens is 2. The summed E-state index contributed by atoms with van der Waals surface area (Å²) in [5.74, 6) is 0. The molecule has 6 heteroatoms. The van der Waals surface area contributed by atoms with Gasteiger partial charge in [0.2, 0.25) is 5.16 Å². The molecule has 2 heterocycles. The lowest BCUT2D eigenvalue weighted by Gasteiger charge is -2.32. The summed E-state index contributed by atoms with van der Waals surface area (Å²) in [6.07, 6.45) is 3.44. The van der Waals surface area contributed by atoms with Crippen molar-refractivity contribution in [3.8, 4) is 0 Å². The monoisotopic (exact) mass is 257 g/mol. The highest BCUT2D eigenvalue weighted by Gasteiger charge is 2.24. The van der Waals surface area contributed by atoms with Gasteiger partial charge in [0.15, 0.2) is 0 Å².